The van der Waals surface area contributed by atoms with E-state index in [1.165, 1.54) is 13.2 Å². The topological polar surface area (TPSA) is 125 Å². The molecule has 0 saturated heterocycles. The molecule has 0 bridgehead atoms. The van der Waals surface area contributed by atoms with Gasteiger partial charge >= 0.3 is 18.0 Å². The molecule has 0 fully saturated rings. The number of amides is 2. The van der Waals surface area contributed by atoms with Crippen LogP contribution in [0.4, 0.5) is 10.5 Å². The first-order valence-corrected chi connectivity index (χ1v) is 6.48. The number of hydrogen-bond acceptors (Lipinski definition) is 4. The summed E-state index contributed by atoms with van der Waals surface area (Å²) in [6.45, 7) is 0. The van der Waals surface area contributed by atoms with Crippen LogP contribution in [0.5, 0.6) is 5.75 Å². The molecule has 0 heterocycles. The van der Waals surface area contributed by atoms with Crippen molar-refractivity contribution in [2.75, 3.05) is 12.4 Å². The van der Waals surface area contributed by atoms with Gasteiger partial charge in [-0.2, -0.15) is 0 Å². The number of anilines is 1. The highest BCUT2D eigenvalue weighted by atomic mass is 79.9. The maximum absolute atomic E-state index is 11.7. The second-order valence-corrected chi connectivity index (χ2v) is 4.79. The maximum atomic E-state index is 11.7. The fraction of sp³-hybridized carbons (Fsp3) is 0.250. The monoisotopic (exact) mass is 360 g/mol. The van der Waals surface area contributed by atoms with Crippen molar-refractivity contribution >= 4 is 39.6 Å². The maximum Gasteiger partial charge on any atom is 0.326 e. The molecular weight excluding hydrogens is 348 g/mol. The zero-order valence-corrected chi connectivity index (χ0v) is 12.5. The van der Waals surface area contributed by atoms with Crippen LogP contribution >= 0.6 is 15.9 Å². The van der Waals surface area contributed by atoms with Gasteiger partial charge in [-0.25, -0.2) is 9.59 Å². The summed E-state index contributed by atoms with van der Waals surface area (Å²) in [4.78, 5) is 33.1. The summed E-state index contributed by atoms with van der Waals surface area (Å²) in [5.74, 6) is -2.27. The molecule has 4 N–H and O–H groups in total. The Hall–Kier alpha value is -2.29. The van der Waals surface area contributed by atoms with Gasteiger partial charge in [0.1, 0.15) is 11.8 Å². The summed E-state index contributed by atoms with van der Waals surface area (Å²) < 4.78 is 5.56. The van der Waals surface area contributed by atoms with Gasteiger partial charge in [-0.3, -0.25) is 4.79 Å². The van der Waals surface area contributed by atoms with E-state index in [1.54, 1.807) is 12.1 Å². The van der Waals surface area contributed by atoms with Gasteiger partial charge in [0.2, 0.25) is 0 Å². The predicted octanol–water partition coefficient (Wildman–Crippen LogP) is 1.51. The van der Waals surface area contributed by atoms with Crippen LogP contribution in [0.15, 0.2) is 22.7 Å². The lowest BCUT2D eigenvalue weighted by molar-refractivity contribution is -0.145. The van der Waals surface area contributed by atoms with Crippen LogP contribution in [-0.2, 0) is 9.59 Å². The Labute approximate surface area is 128 Å². The van der Waals surface area contributed by atoms with E-state index < -0.39 is 30.4 Å². The number of rotatable bonds is 6. The number of benzene rings is 1. The van der Waals surface area contributed by atoms with Gasteiger partial charge in [0.05, 0.1) is 19.2 Å². The lowest BCUT2D eigenvalue weighted by Crippen LogP contribution is -2.44. The number of carboxylic acid groups (broad SMARTS) is 2. The summed E-state index contributed by atoms with van der Waals surface area (Å²) in [7, 11) is 1.46. The van der Waals surface area contributed by atoms with Crippen molar-refractivity contribution < 1.29 is 29.3 Å². The van der Waals surface area contributed by atoms with Gasteiger partial charge in [-0.1, -0.05) is 0 Å². The van der Waals surface area contributed by atoms with Crippen molar-refractivity contribution in [1.29, 1.82) is 0 Å². The Morgan fingerprint density at radius 3 is 2.52 bits per heavy atom. The standard InChI is InChI=1S/C12H13BrN2O6/c1-21-6-2-3-7(13)8(4-6)14-12(20)15-9(11(18)19)5-10(16)17/h2-4,9H,5H2,1H3,(H,16,17)(H,18,19)(H2,14,15,20)/t9-/m0/s1. The first-order valence-electron chi connectivity index (χ1n) is 5.69. The van der Waals surface area contributed by atoms with Crippen LogP contribution in [0.1, 0.15) is 6.42 Å². The summed E-state index contributed by atoms with van der Waals surface area (Å²) in [5.41, 5.74) is 0.353. The Bertz CT molecular complexity index is 563. The molecule has 0 saturated carbocycles. The smallest absolute Gasteiger partial charge is 0.326 e. The molecule has 21 heavy (non-hydrogen) atoms. The van der Waals surface area contributed by atoms with Crippen molar-refractivity contribution in [3.63, 3.8) is 0 Å². The lowest BCUT2D eigenvalue weighted by atomic mass is 10.2. The van der Waals surface area contributed by atoms with Crippen molar-refractivity contribution in [3.8, 4) is 5.75 Å². The van der Waals surface area contributed by atoms with E-state index in [9.17, 15) is 14.4 Å². The van der Waals surface area contributed by atoms with Crippen molar-refractivity contribution in [2.45, 2.75) is 12.5 Å². The molecular formula is C12H13BrN2O6. The number of carbonyl (C=O) groups excluding carboxylic acids is 1. The molecule has 0 aliphatic carbocycles. The normalized spacial score (nSPS) is 11.3. The fourth-order valence-corrected chi connectivity index (χ4v) is 1.76. The highest BCUT2D eigenvalue weighted by Gasteiger charge is 2.23. The van der Waals surface area contributed by atoms with Crippen LogP contribution < -0.4 is 15.4 Å². The highest BCUT2D eigenvalue weighted by molar-refractivity contribution is 9.10. The molecule has 1 rings (SSSR count). The molecule has 2 amide bonds. The zero-order chi connectivity index (χ0) is 16.0. The molecule has 8 nitrogen and oxygen atoms in total. The molecule has 9 heteroatoms. The number of hydrogen-bond donors (Lipinski definition) is 4. The molecule has 1 aromatic rings. The van der Waals surface area contributed by atoms with Crippen LogP contribution in [0.2, 0.25) is 0 Å². The van der Waals surface area contributed by atoms with Gasteiger partial charge in [0.25, 0.3) is 0 Å². The molecule has 1 atom stereocenters. The number of aliphatic carboxylic acids is 2. The fourth-order valence-electron chi connectivity index (χ4n) is 1.42. The van der Waals surface area contributed by atoms with E-state index in [1.807, 2.05) is 0 Å². The summed E-state index contributed by atoms with van der Waals surface area (Å²) in [5, 5.41) is 21.9. The quantitative estimate of drug-likeness (QED) is 0.609. The van der Waals surface area contributed by atoms with Crippen LogP contribution in [-0.4, -0.2) is 41.3 Å². The van der Waals surface area contributed by atoms with Crippen LogP contribution in [0.3, 0.4) is 0 Å². The van der Waals surface area contributed by atoms with E-state index >= 15 is 0 Å². The van der Waals surface area contributed by atoms with Crippen molar-refractivity contribution in [2.24, 2.45) is 0 Å². The van der Waals surface area contributed by atoms with Gasteiger partial charge in [0, 0.05) is 10.5 Å². The number of halogens is 1. The van der Waals surface area contributed by atoms with Gasteiger partial charge < -0.3 is 25.6 Å². The van der Waals surface area contributed by atoms with Crippen molar-refractivity contribution in [3.05, 3.63) is 22.7 Å². The molecule has 0 aromatic heterocycles. The van der Waals surface area contributed by atoms with E-state index in [-0.39, 0.29) is 0 Å². The number of nitrogens with one attached hydrogen (secondary N) is 2. The van der Waals surface area contributed by atoms with Crippen LogP contribution in [0.25, 0.3) is 0 Å². The van der Waals surface area contributed by atoms with Crippen molar-refractivity contribution in [1.82, 2.24) is 5.32 Å². The number of ether oxygens (including phenoxy) is 1. The predicted molar refractivity (Wildman–Crippen MR) is 76.5 cm³/mol. The van der Waals surface area contributed by atoms with E-state index in [0.717, 1.165) is 0 Å². The molecule has 0 aliphatic heterocycles. The number of carbonyl (C=O) groups is 3. The third-order valence-electron chi connectivity index (χ3n) is 2.40. The third-order valence-corrected chi connectivity index (χ3v) is 3.10. The summed E-state index contributed by atoms with van der Waals surface area (Å²) in [6.07, 6.45) is -0.720. The van der Waals surface area contributed by atoms with Gasteiger partial charge in [-0.15, -0.1) is 0 Å². The third kappa shape index (κ3) is 5.30. The Kier molecular flexibility index (Phi) is 5.97. The molecule has 114 valence electrons. The highest BCUT2D eigenvalue weighted by Crippen LogP contribution is 2.26. The number of methoxy groups -OCH3 is 1. The van der Waals surface area contributed by atoms with E-state index in [4.69, 9.17) is 14.9 Å². The molecule has 0 radical (unpaired) electrons. The largest absolute Gasteiger partial charge is 0.497 e. The van der Waals surface area contributed by atoms with E-state index in [2.05, 4.69) is 26.6 Å². The zero-order valence-electron chi connectivity index (χ0n) is 10.9. The first kappa shape index (κ1) is 16.8. The minimum atomic E-state index is -1.52. The molecule has 0 aliphatic rings. The summed E-state index contributed by atoms with van der Waals surface area (Å²) in [6, 6.07) is 2.47. The average molecular weight is 361 g/mol. The SMILES string of the molecule is COc1ccc(Br)c(NC(=O)N[C@@H](CC(=O)O)C(=O)O)c1. The minimum absolute atomic E-state index is 0.353. The second kappa shape index (κ2) is 7.48. The van der Waals surface area contributed by atoms with Gasteiger partial charge in [-0.05, 0) is 28.1 Å². The average Bonchev–Trinajstić information content (AvgIpc) is 2.39. The second-order valence-electron chi connectivity index (χ2n) is 3.93. The first-order chi connectivity index (χ1) is 9.83. The molecule has 0 unspecified atom stereocenters. The molecule has 1 aromatic carbocycles. The minimum Gasteiger partial charge on any atom is -0.497 e. The summed E-state index contributed by atoms with van der Waals surface area (Å²) >= 11 is 3.22. The van der Waals surface area contributed by atoms with Gasteiger partial charge in [0.15, 0.2) is 0 Å². The van der Waals surface area contributed by atoms with Crippen LogP contribution in [0, 0.1) is 0 Å². The Morgan fingerprint density at radius 2 is 2.00 bits per heavy atom. The lowest BCUT2D eigenvalue weighted by Gasteiger charge is -2.14. The number of urea groups is 1. The molecule has 0 spiro atoms. The Morgan fingerprint density at radius 1 is 1.33 bits per heavy atom. The van der Waals surface area contributed by atoms with E-state index in [0.29, 0.717) is 15.9 Å². The number of carboxylic acids is 2. The Balaban J connectivity index is 2.76.